The van der Waals surface area contributed by atoms with Crippen LogP contribution in [0.3, 0.4) is 0 Å². The molecule has 0 aliphatic carbocycles. The van der Waals surface area contributed by atoms with Crippen LogP contribution >= 0.6 is 15.9 Å². The number of rotatable bonds is 6. The average Bonchev–Trinajstić information content (AvgIpc) is 2.75. The summed E-state index contributed by atoms with van der Waals surface area (Å²) < 4.78 is 24.4. The highest BCUT2D eigenvalue weighted by Gasteiger charge is 2.40. The van der Waals surface area contributed by atoms with E-state index in [1.54, 1.807) is 7.11 Å². The largest absolute Gasteiger partial charge is 0.497 e. The maximum atomic E-state index is 6.27. The van der Waals surface area contributed by atoms with E-state index in [1.165, 1.54) is 11.1 Å². The zero-order chi connectivity index (χ0) is 20.4. The molecule has 1 fully saturated rings. The number of methoxy groups -OCH3 is 1. The van der Waals surface area contributed by atoms with E-state index in [0.717, 1.165) is 46.9 Å². The van der Waals surface area contributed by atoms with Crippen LogP contribution < -0.4 is 19.5 Å². The van der Waals surface area contributed by atoms with E-state index < -0.39 is 0 Å². The topological polar surface area (TPSA) is 49.0 Å². The van der Waals surface area contributed by atoms with Gasteiger partial charge in [0.15, 0.2) is 11.5 Å². The number of nitrogens with one attached hydrogen (secondary N) is 1. The molecule has 29 heavy (non-hydrogen) atoms. The number of halogens is 1. The number of hydrogen-bond donors (Lipinski definition) is 1. The highest BCUT2D eigenvalue weighted by molar-refractivity contribution is 9.10. The van der Waals surface area contributed by atoms with Crippen LogP contribution in [0.25, 0.3) is 0 Å². The van der Waals surface area contributed by atoms with Gasteiger partial charge in [-0.25, -0.2) is 0 Å². The molecule has 6 heteroatoms. The SMILES string of the molecule is CCOc1cc([C@@H]2Nc3ccc(OC)cc3[C@H]3OCCC[C@H]32)cc(Br)c1OCC. The molecule has 2 aliphatic rings. The average molecular weight is 462 g/mol. The molecule has 0 spiro atoms. The second-order valence-electron chi connectivity index (χ2n) is 7.37. The van der Waals surface area contributed by atoms with Gasteiger partial charge in [0.25, 0.3) is 0 Å². The molecule has 0 radical (unpaired) electrons. The Hall–Kier alpha value is -1.92. The van der Waals surface area contributed by atoms with Gasteiger partial charge in [0.1, 0.15) is 5.75 Å². The quantitative estimate of drug-likeness (QED) is 0.580. The summed E-state index contributed by atoms with van der Waals surface area (Å²) in [5, 5.41) is 3.76. The molecule has 1 saturated heterocycles. The van der Waals surface area contributed by atoms with Gasteiger partial charge in [-0.3, -0.25) is 0 Å². The Kier molecular flexibility index (Phi) is 6.20. The minimum atomic E-state index is 0.0565. The van der Waals surface area contributed by atoms with Gasteiger partial charge in [0, 0.05) is 23.8 Å². The summed E-state index contributed by atoms with van der Waals surface area (Å²) in [6, 6.07) is 10.6. The molecule has 156 valence electrons. The van der Waals surface area contributed by atoms with Gasteiger partial charge >= 0.3 is 0 Å². The number of anilines is 1. The highest BCUT2D eigenvalue weighted by Crippen LogP contribution is 2.51. The van der Waals surface area contributed by atoms with E-state index in [2.05, 4.69) is 45.5 Å². The molecule has 2 heterocycles. The molecule has 2 aromatic carbocycles. The third-order valence-corrected chi connectivity index (χ3v) is 6.24. The molecule has 0 amide bonds. The standard InChI is InChI=1S/C23H28BrNO4/c1-4-27-20-12-14(11-18(24)23(20)28-5-2)21-16-7-6-10-29-22(16)17-13-15(26-3)8-9-19(17)25-21/h8-9,11-13,16,21-22,25H,4-7,10H2,1-3H3/t16-,21-,22-/m0/s1. The van der Waals surface area contributed by atoms with Crippen molar-refractivity contribution < 1.29 is 18.9 Å². The van der Waals surface area contributed by atoms with E-state index in [4.69, 9.17) is 18.9 Å². The van der Waals surface area contributed by atoms with Crippen LogP contribution in [-0.4, -0.2) is 26.9 Å². The van der Waals surface area contributed by atoms with Crippen molar-refractivity contribution in [2.75, 3.05) is 32.2 Å². The molecule has 2 aromatic rings. The van der Waals surface area contributed by atoms with E-state index in [-0.39, 0.29) is 12.1 Å². The zero-order valence-electron chi connectivity index (χ0n) is 17.2. The Balaban J connectivity index is 1.76. The Morgan fingerprint density at radius 1 is 1.14 bits per heavy atom. The fraction of sp³-hybridized carbons (Fsp3) is 0.478. The molecule has 1 N–H and O–H groups in total. The van der Waals surface area contributed by atoms with Crippen LogP contribution in [0.15, 0.2) is 34.8 Å². The Morgan fingerprint density at radius 2 is 1.97 bits per heavy atom. The highest BCUT2D eigenvalue weighted by atomic mass is 79.9. The third-order valence-electron chi connectivity index (χ3n) is 5.65. The fourth-order valence-electron chi connectivity index (χ4n) is 4.42. The normalized spacial score (nSPS) is 22.8. The molecule has 0 bridgehead atoms. The first-order chi connectivity index (χ1) is 14.2. The maximum Gasteiger partial charge on any atom is 0.175 e. The van der Waals surface area contributed by atoms with Crippen LogP contribution in [0.1, 0.15) is 50.0 Å². The van der Waals surface area contributed by atoms with Crippen molar-refractivity contribution in [3.05, 3.63) is 45.9 Å². The van der Waals surface area contributed by atoms with Gasteiger partial charge in [-0.1, -0.05) is 0 Å². The van der Waals surface area contributed by atoms with Gasteiger partial charge in [-0.15, -0.1) is 0 Å². The second kappa shape index (κ2) is 8.84. The monoisotopic (exact) mass is 461 g/mol. The number of hydrogen-bond acceptors (Lipinski definition) is 5. The first-order valence-corrected chi connectivity index (χ1v) is 11.1. The number of benzene rings is 2. The first-order valence-electron chi connectivity index (χ1n) is 10.3. The van der Waals surface area contributed by atoms with Gasteiger partial charge in [-0.05, 0) is 78.5 Å². The molecular weight excluding hydrogens is 434 g/mol. The summed E-state index contributed by atoms with van der Waals surface area (Å²) in [5.41, 5.74) is 3.45. The van der Waals surface area contributed by atoms with Crippen molar-refractivity contribution >= 4 is 21.6 Å². The van der Waals surface area contributed by atoms with Crippen molar-refractivity contribution in [3.8, 4) is 17.2 Å². The Morgan fingerprint density at radius 3 is 2.72 bits per heavy atom. The van der Waals surface area contributed by atoms with Gasteiger partial charge in [0.2, 0.25) is 0 Å². The van der Waals surface area contributed by atoms with Gasteiger partial charge < -0.3 is 24.3 Å². The minimum absolute atomic E-state index is 0.0565. The summed E-state index contributed by atoms with van der Waals surface area (Å²) in [6.45, 7) is 5.94. The molecule has 2 aliphatic heterocycles. The molecule has 3 atom stereocenters. The molecular formula is C23H28BrNO4. The maximum absolute atomic E-state index is 6.27. The van der Waals surface area contributed by atoms with Crippen molar-refractivity contribution in [3.63, 3.8) is 0 Å². The van der Waals surface area contributed by atoms with Crippen molar-refractivity contribution in [1.82, 2.24) is 0 Å². The smallest absolute Gasteiger partial charge is 0.175 e. The lowest BCUT2D eigenvalue weighted by Gasteiger charge is -2.43. The summed E-state index contributed by atoms with van der Waals surface area (Å²) in [7, 11) is 1.70. The molecule has 5 nitrogen and oxygen atoms in total. The fourth-order valence-corrected chi connectivity index (χ4v) is 4.99. The van der Waals surface area contributed by atoms with Crippen LogP contribution in [0.2, 0.25) is 0 Å². The van der Waals surface area contributed by atoms with Crippen LogP contribution in [-0.2, 0) is 4.74 Å². The lowest BCUT2D eigenvalue weighted by molar-refractivity contribution is -0.0382. The predicted molar refractivity (Wildman–Crippen MR) is 117 cm³/mol. The summed E-state index contributed by atoms with van der Waals surface area (Å²) in [4.78, 5) is 0. The third kappa shape index (κ3) is 3.92. The Bertz CT molecular complexity index is 872. The lowest BCUT2D eigenvalue weighted by atomic mass is 9.77. The van der Waals surface area contributed by atoms with Crippen molar-refractivity contribution in [2.24, 2.45) is 5.92 Å². The zero-order valence-corrected chi connectivity index (χ0v) is 18.8. The van der Waals surface area contributed by atoms with Gasteiger partial charge in [-0.2, -0.15) is 0 Å². The lowest BCUT2D eigenvalue weighted by Crippen LogP contribution is -2.36. The van der Waals surface area contributed by atoms with Crippen LogP contribution in [0.4, 0.5) is 5.69 Å². The minimum Gasteiger partial charge on any atom is -0.497 e. The van der Waals surface area contributed by atoms with E-state index in [1.807, 2.05) is 19.9 Å². The van der Waals surface area contributed by atoms with E-state index in [9.17, 15) is 0 Å². The first kappa shape index (κ1) is 20.4. The number of fused-ring (bicyclic) bond motifs is 3. The summed E-state index contributed by atoms with van der Waals surface area (Å²) in [6.07, 6.45) is 2.23. The van der Waals surface area contributed by atoms with Crippen LogP contribution in [0, 0.1) is 5.92 Å². The molecule has 4 rings (SSSR count). The predicted octanol–water partition coefficient (Wildman–Crippen LogP) is 5.89. The molecule has 0 unspecified atom stereocenters. The Labute approximate surface area is 180 Å². The summed E-state index contributed by atoms with van der Waals surface area (Å²) in [5.74, 6) is 2.73. The summed E-state index contributed by atoms with van der Waals surface area (Å²) >= 11 is 3.69. The number of ether oxygens (including phenoxy) is 4. The van der Waals surface area contributed by atoms with Crippen molar-refractivity contribution in [1.29, 1.82) is 0 Å². The van der Waals surface area contributed by atoms with E-state index >= 15 is 0 Å². The van der Waals surface area contributed by atoms with E-state index in [0.29, 0.717) is 19.1 Å². The molecule has 0 aromatic heterocycles. The molecule has 0 saturated carbocycles. The van der Waals surface area contributed by atoms with Crippen LogP contribution in [0.5, 0.6) is 17.2 Å². The second-order valence-corrected chi connectivity index (χ2v) is 8.22. The van der Waals surface area contributed by atoms with Crippen molar-refractivity contribution in [2.45, 2.75) is 38.8 Å². The van der Waals surface area contributed by atoms with Gasteiger partial charge in [0.05, 0.1) is 36.9 Å².